The van der Waals surface area contributed by atoms with Crippen LogP contribution in [0.1, 0.15) is 29.3 Å². The molecule has 6 N–H and O–H groups in total. The maximum Gasteiger partial charge on any atom is 0.399 e. The van der Waals surface area contributed by atoms with Crippen LogP contribution in [0.5, 0.6) is 5.75 Å². The van der Waals surface area contributed by atoms with Crippen LogP contribution in [0.3, 0.4) is 0 Å². The summed E-state index contributed by atoms with van der Waals surface area (Å²) in [5, 5.41) is 36.8. The van der Waals surface area contributed by atoms with E-state index in [9.17, 15) is 57.3 Å². The largest absolute Gasteiger partial charge is 0.502 e. The van der Waals surface area contributed by atoms with Crippen LogP contribution in [0.4, 0.5) is 11.4 Å². The fourth-order valence-corrected chi connectivity index (χ4v) is 7.09. The molecule has 0 bridgehead atoms. The molecule has 1 aromatic carbocycles. The number of nitro benzene ring substituents is 1. The van der Waals surface area contributed by atoms with Crippen molar-refractivity contribution in [2.24, 2.45) is 29.4 Å². The van der Waals surface area contributed by atoms with Crippen molar-refractivity contribution < 1.29 is 56.3 Å². The minimum atomic E-state index is -5.57. The molecule has 0 aromatic heterocycles. The first kappa shape index (κ1) is 30.1. The van der Waals surface area contributed by atoms with Gasteiger partial charge in [0.25, 0.3) is 0 Å². The number of amides is 1. The number of hydrogen-bond donors (Lipinski definition) is 5. The Morgan fingerprint density at radius 1 is 1.24 bits per heavy atom. The molecule has 4 rings (SSSR count). The molecule has 3 aliphatic carbocycles. The summed E-state index contributed by atoms with van der Waals surface area (Å²) in [6, 6.07) is 0.989. The monoisotopic (exact) mass is 598 g/mol. The van der Waals surface area contributed by atoms with E-state index in [1.54, 1.807) is 6.92 Å². The van der Waals surface area contributed by atoms with E-state index < -0.39 is 103 Å². The van der Waals surface area contributed by atoms with Gasteiger partial charge in [-0.05, 0) is 45.3 Å². The summed E-state index contributed by atoms with van der Waals surface area (Å²) >= 11 is 0. The number of Topliss-reactive ketones (excluding diaryl/α,β-unsaturated/α-hetero) is 4. The van der Waals surface area contributed by atoms with Crippen molar-refractivity contribution in [3.63, 3.8) is 0 Å². The van der Waals surface area contributed by atoms with Crippen molar-refractivity contribution >= 4 is 50.8 Å². The Morgan fingerprint density at radius 2 is 1.85 bits per heavy atom. The van der Waals surface area contributed by atoms with Crippen molar-refractivity contribution in [3.05, 3.63) is 27.3 Å². The maximum atomic E-state index is 14.0. The summed E-state index contributed by atoms with van der Waals surface area (Å²) in [7, 11) is -3.43. The van der Waals surface area contributed by atoms with Gasteiger partial charge in [0.2, 0.25) is 23.2 Å². The van der Waals surface area contributed by atoms with Gasteiger partial charge in [-0.25, -0.2) is 4.18 Å². The fraction of sp³-hybridized carbons (Fsp3) is 0.522. The van der Waals surface area contributed by atoms with Gasteiger partial charge in [0.05, 0.1) is 22.3 Å². The molecule has 6 atom stereocenters. The quantitative estimate of drug-likeness (QED) is 0.0587. The molecule has 222 valence electrons. The van der Waals surface area contributed by atoms with E-state index in [4.69, 9.17) is 9.92 Å². The van der Waals surface area contributed by atoms with Crippen LogP contribution < -0.4 is 11.1 Å². The van der Waals surface area contributed by atoms with Crippen LogP contribution in [0.15, 0.2) is 6.07 Å². The first-order valence-electron chi connectivity index (χ1n) is 12.2. The van der Waals surface area contributed by atoms with E-state index in [-0.39, 0.29) is 24.2 Å². The summed E-state index contributed by atoms with van der Waals surface area (Å²) in [5.41, 5.74) is -2.51. The Kier molecular flexibility index (Phi) is 7.07. The SMILES string of the molecule is CCNc1cc([N+](=O)[O-])c(O)c2c1CC1CC3[C@@](O)(C(=O)C(C(N)=O)C(=O)[C@@]3(OS(=O)(=O)O)N(C)C)C(=O)C1C2=O. The molecule has 1 aromatic rings. The van der Waals surface area contributed by atoms with Crippen molar-refractivity contribution in [2.75, 3.05) is 26.0 Å². The number of aliphatic hydroxyl groups is 1. The average molecular weight is 599 g/mol. The topological polar surface area (TPSA) is 274 Å². The molecule has 3 aliphatic rings. The number of carbonyl (C=O) groups excluding carboxylic acids is 5. The second kappa shape index (κ2) is 9.62. The minimum Gasteiger partial charge on any atom is -0.502 e. The standard InChI is InChI=1S/C23H26N4O13S/c1-4-25-10-7-11(27(35)36)16(28)14-9(10)5-8-6-12-22(34,18(30)13(8)17(14)29)19(31)15(21(24)33)20(32)23(12,26(2)3)40-41(37,38)39/h7-8,12-13,15,25,28,34H,4-6H2,1-3H3,(H2,24,33)(H,37,38,39)/t8?,12?,13?,15?,22-,23+/m0/s1. The number of anilines is 1. The number of rotatable bonds is 7. The summed E-state index contributed by atoms with van der Waals surface area (Å²) in [4.78, 5) is 78.4. The first-order valence-corrected chi connectivity index (χ1v) is 13.5. The average Bonchev–Trinajstić information content (AvgIpc) is 2.84. The molecular formula is C23H26N4O13S. The van der Waals surface area contributed by atoms with E-state index in [0.717, 1.165) is 25.1 Å². The van der Waals surface area contributed by atoms with Gasteiger partial charge in [-0.1, -0.05) is 0 Å². The van der Waals surface area contributed by atoms with E-state index in [0.29, 0.717) is 0 Å². The summed E-state index contributed by atoms with van der Waals surface area (Å²) < 4.78 is 38.3. The number of primary amides is 1. The zero-order valence-electron chi connectivity index (χ0n) is 21.8. The van der Waals surface area contributed by atoms with Crippen molar-refractivity contribution in [2.45, 2.75) is 31.1 Å². The predicted molar refractivity (Wildman–Crippen MR) is 134 cm³/mol. The van der Waals surface area contributed by atoms with Crippen molar-refractivity contribution in [1.82, 2.24) is 4.90 Å². The summed E-state index contributed by atoms with van der Waals surface area (Å²) in [6.07, 6.45) is -0.896. The lowest BCUT2D eigenvalue weighted by molar-refractivity contribution is -0.385. The number of carbonyl (C=O) groups is 5. The number of hydrogen-bond acceptors (Lipinski definition) is 14. The van der Waals surface area contributed by atoms with E-state index in [1.807, 2.05) is 0 Å². The maximum absolute atomic E-state index is 14.0. The predicted octanol–water partition coefficient (Wildman–Crippen LogP) is -1.65. The Bertz CT molecular complexity index is 1540. The van der Waals surface area contributed by atoms with Gasteiger partial charge in [0.1, 0.15) is 0 Å². The number of fused-ring (bicyclic) bond motifs is 3. The van der Waals surface area contributed by atoms with Gasteiger partial charge < -0.3 is 21.3 Å². The molecule has 0 saturated heterocycles. The smallest absolute Gasteiger partial charge is 0.399 e. The van der Waals surface area contributed by atoms with Gasteiger partial charge in [-0.3, -0.25) is 43.5 Å². The highest BCUT2D eigenvalue weighted by atomic mass is 32.3. The second-order valence-electron chi connectivity index (χ2n) is 10.3. The zero-order valence-corrected chi connectivity index (χ0v) is 22.6. The van der Waals surface area contributed by atoms with Gasteiger partial charge in [0.15, 0.2) is 28.9 Å². The van der Waals surface area contributed by atoms with Crippen LogP contribution in [-0.2, 0) is 40.2 Å². The molecule has 0 aliphatic heterocycles. The van der Waals surface area contributed by atoms with E-state index >= 15 is 0 Å². The molecule has 0 radical (unpaired) electrons. The highest BCUT2D eigenvalue weighted by molar-refractivity contribution is 7.81. The third kappa shape index (κ3) is 4.12. The van der Waals surface area contributed by atoms with Crippen LogP contribution >= 0.6 is 0 Å². The van der Waals surface area contributed by atoms with E-state index in [2.05, 4.69) is 5.32 Å². The third-order valence-electron chi connectivity index (χ3n) is 8.03. The molecule has 0 spiro atoms. The number of benzene rings is 1. The fourth-order valence-electron chi connectivity index (χ4n) is 6.43. The molecule has 18 heteroatoms. The molecule has 4 unspecified atom stereocenters. The number of phenolic OH excluding ortho intramolecular Hbond substituents is 1. The van der Waals surface area contributed by atoms with Crippen LogP contribution in [0.25, 0.3) is 0 Å². The highest BCUT2D eigenvalue weighted by Crippen LogP contribution is 2.55. The normalized spacial score (nSPS) is 31.4. The lowest BCUT2D eigenvalue weighted by Crippen LogP contribution is -2.79. The van der Waals surface area contributed by atoms with Gasteiger partial charge in [-0.2, -0.15) is 8.42 Å². The molecule has 2 fully saturated rings. The number of aromatic hydroxyl groups is 1. The third-order valence-corrected chi connectivity index (χ3v) is 8.49. The lowest BCUT2D eigenvalue weighted by atomic mass is 9.51. The zero-order chi connectivity index (χ0) is 31.0. The molecule has 41 heavy (non-hydrogen) atoms. The van der Waals surface area contributed by atoms with Crippen LogP contribution in [0, 0.1) is 33.8 Å². The second-order valence-corrected chi connectivity index (χ2v) is 11.3. The number of likely N-dealkylation sites (N-methyl/N-ethyl adjacent to an activating group) is 1. The molecule has 1 amide bonds. The Morgan fingerprint density at radius 3 is 2.34 bits per heavy atom. The molecule has 17 nitrogen and oxygen atoms in total. The molecule has 2 saturated carbocycles. The number of nitrogens with one attached hydrogen (secondary N) is 1. The highest BCUT2D eigenvalue weighted by Gasteiger charge is 2.76. The van der Waals surface area contributed by atoms with Crippen molar-refractivity contribution in [1.29, 1.82) is 0 Å². The summed E-state index contributed by atoms with van der Waals surface area (Å²) in [5.74, 6) is -16.5. The lowest BCUT2D eigenvalue weighted by Gasteiger charge is -2.56. The van der Waals surface area contributed by atoms with Crippen LogP contribution in [0.2, 0.25) is 0 Å². The van der Waals surface area contributed by atoms with E-state index in [1.165, 1.54) is 0 Å². The van der Waals surface area contributed by atoms with Crippen LogP contribution in [-0.4, -0.2) is 94.0 Å². The minimum absolute atomic E-state index is 0.0639. The number of ketones is 4. The number of phenols is 1. The molecule has 0 heterocycles. The van der Waals surface area contributed by atoms with Gasteiger partial charge in [0, 0.05) is 18.3 Å². The van der Waals surface area contributed by atoms with Gasteiger partial charge in [-0.15, -0.1) is 0 Å². The Labute approximate surface area is 231 Å². The number of nitrogens with zero attached hydrogens (tertiary/aromatic N) is 2. The Hall–Kier alpha value is -3.84. The first-order chi connectivity index (χ1) is 18.9. The number of nitro groups is 1. The van der Waals surface area contributed by atoms with Gasteiger partial charge >= 0.3 is 16.1 Å². The number of nitrogens with two attached hydrogens (primary N) is 1. The Balaban J connectivity index is 2.01. The molecular weight excluding hydrogens is 572 g/mol. The van der Waals surface area contributed by atoms with Crippen molar-refractivity contribution in [3.8, 4) is 5.75 Å². The summed E-state index contributed by atoms with van der Waals surface area (Å²) in [6.45, 7) is 1.87.